The molecule has 1 aliphatic rings. The summed E-state index contributed by atoms with van der Waals surface area (Å²) < 4.78 is 0. The molecule has 0 heteroatoms. The van der Waals surface area contributed by atoms with E-state index in [0.29, 0.717) is 0 Å². The van der Waals surface area contributed by atoms with Crippen molar-refractivity contribution in [1.29, 1.82) is 0 Å². The Morgan fingerprint density at radius 1 is 0.462 bits per heavy atom. The van der Waals surface area contributed by atoms with Crippen molar-refractivity contribution < 1.29 is 0 Å². The van der Waals surface area contributed by atoms with Crippen molar-refractivity contribution >= 4 is 0 Å². The Kier molecular flexibility index (Phi) is 5.87. The van der Waals surface area contributed by atoms with Crippen LogP contribution in [0.15, 0.2) is 48.6 Å². The molecular formula is C13H17. The minimum atomic E-state index is 1.15. The number of hydrogen-bond donors (Lipinski definition) is 0. The second-order valence-corrected chi connectivity index (χ2v) is 3.06. The van der Waals surface area contributed by atoms with Crippen LogP contribution in [-0.4, -0.2) is 0 Å². The van der Waals surface area contributed by atoms with Crippen LogP contribution in [0.4, 0.5) is 0 Å². The summed E-state index contributed by atoms with van der Waals surface area (Å²) >= 11 is 0. The summed E-state index contributed by atoms with van der Waals surface area (Å²) in [4.78, 5) is 0. The highest BCUT2D eigenvalue weighted by Gasteiger charge is 1.81. The molecule has 0 aromatic carbocycles. The van der Waals surface area contributed by atoms with Crippen molar-refractivity contribution in [3.63, 3.8) is 0 Å². The lowest BCUT2D eigenvalue weighted by Gasteiger charge is -1.89. The van der Waals surface area contributed by atoms with Crippen LogP contribution in [0.25, 0.3) is 0 Å². The van der Waals surface area contributed by atoms with Crippen LogP contribution in [0.5, 0.6) is 0 Å². The first-order valence-electron chi connectivity index (χ1n) is 4.97. The fourth-order valence-corrected chi connectivity index (χ4v) is 1.16. The minimum Gasteiger partial charge on any atom is -0.0885 e. The Balaban J connectivity index is 2.38. The summed E-state index contributed by atoms with van der Waals surface area (Å²) in [6, 6.07) is 0. The van der Waals surface area contributed by atoms with E-state index in [-0.39, 0.29) is 0 Å². The van der Waals surface area contributed by atoms with Crippen LogP contribution < -0.4 is 0 Å². The Morgan fingerprint density at radius 2 is 1.08 bits per heavy atom. The van der Waals surface area contributed by atoms with Crippen LogP contribution in [-0.2, 0) is 0 Å². The highest BCUT2D eigenvalue weighted by Crippen LogP contribution is 2.00. The summed E-state index contributed by atoms with van der Waals surface area (Å²) in [7, 11) is 0. The molecule has 0 aromatic rings. The van der Waals surface area contributed by atoms with Gasteiger partial charge in [-0.3, -0.25) is 0 Å². The normalized spacial score (nSPS) is 19.1. The van der Waals surface area contributed by atoms with Crippen LogP contribution in [0.1, 0.15) is 25.7 Å². The first kappa shape index (κ1) is 10.0. The van der Waals surface area contributed by atoms with Gasteiger partial charge in [-0.1, -0.05) is 48.6 Å². The molecule has 1 radical (unpaired) electrons. The van der Waals surface area contributed by atoms with Crippen LogP contribution in [0.3, 0.4) is 0 Å². The fourth-order valence-electron chi connectivity index (χ4n) is 1.16. The molecular weight excluding hydrogens is 156 g/mol. The van der Waals surface area contributed by atoms with Crippen molar-refractivity contribution in [2.75, 3.05) is 0 Å². The summed E-state index contributed by atoms with van der Waals surface area (Å²) in [5.74, 6) is 0. The quantitative estimate of drug-likeness (QED) is 0.486. The predicted molar refractivity (Wildman–Crippen MR) is 59.3 cm³/mol. The zero-order valence-corrected chi connectivity index (χ0v) is 8.02. The Labute approximate surface area is 81.4 Å². The van der Waals surface area contributed by atoms with Gasteiger partial charge in [-0.15, -0.1) is 0 Å². The number of allylic oxidation sites excluding steroid dienone is 8. The molecule has 13 heavy (non-hydrogen) atoms. The van der Waals surface area contributed by atoms with Gasteiger partial charge in [-0.2, -0.15) is 0 Å². The van der Waals surface area contributed by atoms with Gasteiger partial charge in [0.25, 0.3) is 0 Å². The Morgan fingerprint density at radius 3 is 2.00 bits per heavy atom. The van der Waals surface area contributed by atoms with Gasteiger partial charge in [-0.25, -0.2) is 0 Å². The van der Waals surface area contributed by atoms with Crippen LogP contribution >= 0.6 is 0 Å². The van der Waals surface area contributed by atoms with Gasteiger partial charge in [0, 0.05) is 0 Å². The maximum absolute atomic E-state index is 2.27. The highest BCUT2D eigenvalue weighted by molar-refractivity contribution is 5.13. The molecule has 0 aliphatic heterocycles. The summed E-state index contributed by atoms with van der Waals surface area (Å²) in [5.41, 5.74) is 0. The van der Waals surface area contributed by atoms with E-state index in [2.05, 4.69) is 55.0 Å². The zero-order valence-electron chi connectivity index (χ0n) is 8.02. The third-order valence-electron chi connectivity index (χ3n) is 1.88. The van der Waals surface area contributed by atoms with Gasteiger partial charge in [-0.05, 0) is 32.1 Å². The van der Waals surface area contributed by atoms with E-state index in [4.69, 9.17) is 0 Å². The molecule has 0 atom stereocenters. The van der Waals surface area contributed by atoms with Crippen LogP contribution in [0, 0.1) is 6.42 Å². The van der Waals surface area contributed by atoms with E-state index >= 15 is 0 Å². The molecule has 0 unspecified atom stereocenters. The van der Waals surface area contributed by atoms with Gasteiger partial charge in [0.15, 0.2) is 0 Å². The predicted octanol–water partition coefficient (Wildman–Crippen LogP) is 3.99. The van der Waals surface area contributed by atoms with E-state index in [1.807, 2.05) is 0 Å². The average molecular weight is 173 g/mol. The van der Waals surface area contributed by atoms with Gasteiger partial charge in [0.05, 0.1) is 0 Å². The molecule has 0 N–H and O–H groups in total. The maximum atomic E-state index is 2.27. The fraction of sp³-hybridized carbons (Fsp3) is 0.308. The molecule has 0 spiro atoms. The second kappa shape index (κ2) is 7.60. The average Bonchev–Trinajstić information content (AvgIpc) is 2.18. The molecule has 1 rings (SSSR count). The Hall–Kier alpha value is -1.04. The minimum absolute atomic E-state index is 1.15. The van der Waals surface area contributed by atoms with E-state index < -0.39 is 0 Å². The molecule has 69 valence electrons. The molecule has 0 amide bonds. The molecule has 0 heterocycles. The lowest BCUT2D eigenvalue weighted by atomic mass is 10.2. The summed E-state index contributed by atoms with van der Waals surface area (Å²) in [6.45, 7) is 0. The first-order valence-corrected chi connectivity index (χ1v) is 4.97. The molecule has 0 nitrogen and oxygen atoms in total. The van der Waals surface area contributed by atoms with Crippen molar-refractivity contribution in [2.45, 2.75) is 25.7 Å². The SMILES string of the molecule is [CH]1C=CC=CC=CCCC=CCC1. The van der Waals surface area contributed by atoms with Crippen molar-refractivity contribution in [3.05, 3.63) is 55.0 Å². The molecule has 0 bridgehead atoms. The largest absolute Gasteiger partial charge is 0.0885 e. The van der Waals surface area contributed by atoms with Crippen molar-refractivity contribution in [3.8, 4) is 0 Å². The van der Waals surface area contributed by atoms with Gasteiger partial charge < -0.3 is 0 Å². The number of hydrogen-bond acceptors (Lipinski definition) is 0. The number of rotatable bonds is 0. The lowest BCUT2D eigenvalue weighted by molar-refractivity contribution is 0.978. The zero-order chi connectivity index (χ0) is 9.19. The lowest BCUT2D eigenvalue weighted by Crippen LogP contribution is -1.70. The van der Waals surface area contributed by atoms with Crippen molar-refractivity contribution in [2.24, 2.45) is 0 Å². The molecule has 0 saturated carbocycles. The standard InChI is InChI=1S/C13H17/c1-2-4-6-8-10-12-13-11-9-7-5-3-1/h1-7,12-13H,8-11H2. The van der Waals surface area contributed by atoms with E-state index in [9.17, 15) is 0 Å². The Bertz CT molecular complexity index is 216. The van der Waals surface area contributed by atoms with Gasteiger partial charge in [0.2, 0.25) is 0 Å². The summed E-state index contributed by atoms with van der Waals surface area (Å²) in [6.07, 6.45) is 24.0. The maximum Gasteiger partial charge on any atom is -0.0164 e. The topological polar surface area (TPSA) is 0 Å². The first-order chi connectivity index (χ1) is 6.50. The van der Waals surface area contributed by atoms with Crippen molar-refractivity contribution in [1.82, 2.24) is 0 Å². The smallest absolute Gasteiger partial charge is 0.0164 e. The third kappa shape index (κ3) is 6.15. The molecule has 0 saturated heterocycles. The van der Waals surface area contributed by atoms with Gasteiger partial charge >= 0.3 is 0 Å². The van der Waals surface area contributed by atoms with Gasteiger partial charge in [0.1, 0.15) is 0 Å². The van der Waals surface area contributed by atoms with Crippen LogP contribution in [0.2, 0.25) is 0 Å². The van der Waals surface area contributed by atoms with E-state index in [1.165, 1.54) is 0 Å². The highest BCUT2D eigenvalue weighted by atomic mass is 13.9. The molecule has 1 aliphatic carbocycles. The van der Waals surface area contributed by atoms with E-state index in [0.717, 1.165) is 25.7 Å². The molecule has 0 aromatic heterocycles. The second-order valence-electron chi connectivity index (χ2n) is 3.06. The van der Waals surface area contributed by atoms with E-state index in [1.54, 1.807) is 0 Å². The molecule has 0 fully saturated rings. The summed E-state index contributed by atoms with van der Waals surface area (Å²) in [5, 5.41) is 0. The third-order valence-corrected chi connectivity index (χ3v) is 1.88. The monoisotopic (exact) mass is 173 g/mol.